The van der Waals surface area contributed by atoms with E-state index in [1.807, 2.05) is 17.5 Å². The van der Waals surface area contributed by atoms with Gasteiger partial charge in [-0.1, -0.05) is 0 Å². The molecule has 0 atom stereocenters. The Hall–Kier alpha value is -3.12. The third-order valence-electron chi connectivity index (χ3n) is 7.62. The van der Waals surface area contributed by atoms with Crippen LogP contribution in [0.4, 0.5) is 11.4 Å². The average Bonchev–Trinajstić information content (AvgIpc) is 3.42. The summed E-state index contributed by atoms with van der Waals surface area (Å²) < 4.78 is 6.23. The monoisotopic (exact) mass is 536 g/mol. The summed E-state index contributed by atoms with van der Waals surface area (Å²) in [7, 11) is 0. The minimum atomic E-state index is -0.850. The fraction of sp³-hybridized carbons (Fsp3) is 0.481. The number of fused-ring (bicyclic) bond motifs is 2. The first kappa shape index (κ1) is 25.2. The molecule has 0 saturated carbocycles. The van der Waals surface area contributed by atoms with Gasteiger partial charge in [0.2, 0.25) is 0 Å². The van der Waals surface area contributed by atoms with E-state index in [1.54, 1.807) is 24.9 Å². The lowest BCUT2D eigenvalue weighted by atomic mass is 10.0. The van der Waals surface area contributed by atoms with E-state index in [9.17, 15) is 14.7 Å². The van der Waals surface area contributed by atoms with Crippen molar-refractivity contribution in [3.63, 3.8) is 0 Å². The fourth-order valence-corrected chi connectivity index (χ4v) is 6.12. The van der Waals surface area contributed by atoms with Gasteiger partial charge in [0.15, 0.2) is 0 Å². The van der Waals surface area contributed by atoms with Gasteiger partial charge >= 0.3 is 0 Å². The molecule has 0 spiro atoms. The van der Waals surface area contributed by atoms with Gasteiger partial charge in [-0.05, 0) is 38.0 Å². The predicted molar refractivity (Wildman–Crippen MR) is 146 cm³/mol. The molecule has 38 heavy (non-hydrogen) atoms. The minimum absolute atomic E-state index is 0.0332. The molecule has 0 bridgehead atoms. The summed E-state index contributed by atoms with van der Waals surface area (Å²) in [4.78, 5) is 41.6. The maximum Gasteiger partial charge on any atom is 0.258 e. The minimum Gasteiger partial charge on any atom is -0.390 e. The quantitative estimate of drug-likeness (QED) is 0.474. The number of ether oxygens (including phenoxy) is 1. The molecule has 2 aromatic heterocycles. The second kappa shape index (κ2) is 9.88. The van der Waals surface area contributed by atoms with Crippen LogP contribution in [0.5, 0.6) is 0 Å². The molecule has 2 amide bonds. The number of hydrogen-bond donors (Lipinski definition) is 2. The van der Waals surface area contributed by atoms with Gasteiger partial charge in [-0.25, -0.2) is 9.97 Å². The van der Waals surface area contributed by atoms with E-state index in [0.717, 1.165) is 55.3 Å². The normalized spacial score (nSPS) is 18.7. The first-order valence-electron chi connectivity index (χ1n) is 13.0. The SMILES string of the molecule is CC(C)(O)CCN1Cc2cc(NC(=O)c3csc4cncnc34)c(N3CCN(C4COC4)CC3)cc2C1=O. The summed E-state index contributed by atoms with van der Waals surface area (Å²) in [5.74, 6) is -0.265. The molecule has 1 aromatic carbocycles. The van der Waals surface area contributed by atoms with Crippen LogP contribution in [0, 0.1) is 0 Å². The van der Waals surface area contributed by atoms with Gasteiger partial charge in [0.25, 0.3) is 11.8 Å². The Bertz CT molecular complexity index is 1370. The second-order valence-corrected chi connectivity index (χ2v) is 11.8. The molecular formula is C27H32N6O4S. The number of nitrogens with zero attached hydrogens (tertiary/aromatic N) is 5. The van der Waals surface area contributed by atoms with Crippen molar-refractivity contribution in [1.82, 2.24) is 19.8 Å². The Morgan fingerprint density at radius 2 is 2.03 bits per heavy atom. The standard InChI is InChI=1S/C27H32N6O4S/c1-27(2,36)3-4-33-12-17-9-21(30-25(34)20-15-38-23-11-28-16-29-24(20)23)22(10-19(17)26(33)35)32-7-5-31(6-8-32)18-13-37-14-18/h9-11,15-16,18,36H,3-8,12-14H2,1-2H3,(H,30,34). The summed E-state index contributed by atoms with van der Waals surface area (Å²) >= 11 is 1.44. The van der Waals surface area contributed by atoms with Crippen LogP contribution in [0.1, 0.15) is 46.5 Å². The molecule has 3 aliphatic heterocycles. The average molecular weight is 537 g/mol. The summed E-state index contributed by atoms with van der Waals surface area (Å²) in [5.41, 5.74) is 3.39. The maximum atomic E-state index is 13.4. The molecular weight excluding hydrogens is 504 g/mol. The Labute approximate surface area is 225 Å². The van der Waals surface area contributed by atoms with Crippen molar-refractivity contribution in [1.29, 1.82) is 0 Å². The number of aromatic nitrogens is 2. The van der Waals surface area contributed by atoms with E-state index < -0.39 is 5.60 Å². The molecule has 0 unspecified atom stereocenters. The van der Waals surface area contributed by atoms with E-state index in [4.69, 9.17) is 4.74 Å². The molecule has 6 rings (SSSR count). The van der Waals surface area contributed by atoms with Gasteiger partial charge in [-0.15, -0.1) is 11.3 Å². The Morgan fingerprint density at radius 3 is 2.74 bits per heavy atom. The predicted octanol–water partition coefficient (Wildman–Crippen LogP) is 2.58. The lowest BCUT2D eigenvalue weighted by Crippen LogP contribution is -2.56. The topological polar surface area (TPSA) is 111 Å². The van der Waals surface area contributed by atoms with Crippen LogP contribution in [0.25, 0.3) is 10.2 Å². The molecule has 200 valence electrons. The molecule has 3 aromatic rings. The van der Waals surface area contributed by atoms with Crippen LogP contribution in [0.15, 0.2) is 30.0 Å². The first-order chi connectivity index (χ1) is 18.3. The highest BCUT2D eigenvalue weighted by atomic mass is 32.1. The van der Waals surface area contributed by atoms with Gasteiger partial charge in [0.05, 0.1) is 52.0 Å². The number of hydrogen-bond acceptors (Lipinski definition) is 9. The van der Waals surface area contributed by atoms with Gasteiger partial charge in [0.1, 0.15) is 6.33 Å². The van der Waals surface area contributed by atoms with Crippen LogP contribution < -0.4 is 10.2 Å². The zero-order chi connectivity index (χ0) is 26.4. The Morgan fingerprint density at radius 1 is 1.24 bits per heavy atom. The van der Waals surface area contributed by atoms with Crippen molar-refractivity contribution in [2.75, 3.05) is 56.2 Å². The van der Waals surface area contributed by atoms with Gasteiger partial charge in [-0.3, -0.25) is 14.5 Å². The maximum absolute atomic E-state index is 13.4. The molecule has 2 saturated heterocycles. The second-order valence-electron chi connectivity index (χ2n) is 10.9. The smallest absolute Gasteiger partial charge is 0.258 e. The number of thiophene rings is 1. The number of carbonyl (C=O) groups excluding carboxylic acids is 2. The summed E-state index contributed by atoms with van der Waals surface area (Å²) in [5, 5.41) is 15.1. The molecule has 11 heteroatoms. The zero-order valence-corrected chi connectivity index (χ0v) is 22.5. The number of benzene rings is 1. The molecule has 2 N–H and O–H groups in total. The Kier molecular flexibility index (Phi) is 6.55. The van der Waals surface area contributed by atoms with Crippen molar-refractivity contribution in [3.8, 4) is 0 Å². The number of piperazine rings is 1. The van der Waals surface area contributed by atoms with Crippen LogP contribution in [-0.2, 0) is 11.3 Å². The molecule has 2 fully saturated rings. The van der Waals surface area contributed by atoms with E-state index in [0.29, 0.717) is 47.9 Å². The summed E-state index contributed by atoms with van der Waals surface area (Å²) in [6.07, 6.45) is 3.65. The van der Waals surface area contributed by atoms with Crippen molar-refractivity contribution in [2.24, 2.45) is 0 Å². The molecule has 10 nitrogen and oxygen atoms in total. The van der Waals surface area contributed by atoms with E-state index >= 15 is 0 Å². The van der Waals surface area contributed by atoms with E-state index in [2.05, 4.69) is 25.1 Å². The highest BCUT2D eigenvalue weighted by Gasteiger charge is 2.33. The van der Waals surface area contributed by atoms with Crippen LogP contribution >= 0.6 is 11.3 Å². The van der Waals surface area contributed by atoms with Crippen molar-refractivity contribution >= 4 is 44.7 Å². The highest BCUT2D eigenvalue weighted by molar-refractivity contribution is 7.17. The van der Waals surface area contributed by atoms with Gasteiger partial charge in [0, 0.05) is 56.4 Å². The van der Waals surface area contributed by atoms with E-state index in [1.165, 1.54) is 17.7 Å². The van der Waals surface area contributed by atoms with Crippen LogP contribution in [-0.4, -0.2) is 94.3 Å². The third-order valence-corrected chi connectivity index (χ3v) is 8.52. The van der Waals surface area contributed by atoms with Gasteiger partial charge in [-0.2, -0.15) is 0 Å². The van der Waals surface area contributed by atoms with Crippen molar-refractivity contribution < 1.29 is 19.4 Å². The van der Waals surface area contributed by atoms with E-state index in [-0.39, 0.29) is 11.8 Å². The molecule has 3 aliphatic rings. The van der Waals surface area contributed by atoms with Crippen molar-refractivity contribution in [2.45, 2.75) is 38.5 Å². The summed E-state index contributed by atoms with van der Waals surface area (Å²) in [6, 6.07) is 4.37. The molecule has 0 radical (unpaired) electrons. The number of anilines is 2. The zero-order valence-electron chi connectivity index (χ0n) is 21.6. The van der Waals surface area contributed by atoms with Crippen molar-refractivity contribution in [3.05, 3.63) is 46.7 Å². The Balaban J connectivity index is 1.29. The number of amides is 2. The van der Waals surface area contributed by atoms with Crippen LogP contribution in [0.3, 0.4) is 0 Å². The number of carbonyl (C=O) groups is 2. The lowest BCUT2D eigenvalue weighted by Gasteiger charge is -2.43. The highest BCUT2D eigenvalue weighted by Crippen LogP contribution is 2.36. The molecule has 5 heterocycles. The first-order valence-corrected chi connectivity index (χ1v) is 13.9. The largest absolute Gasteiger partial charge is 0.390 e. The number of nitrogens with one attached hydrogen (secondary N) is 1. The number of rotatable bonds is 7. The van der Waals surface area contributed by atoms with Gasteiger partial charge < -0.3 is 25.0 Å². The third kappa shape index (κ3) is 4.86. The lowest BCUT2D eigenvalue weighted by molar-refractivity contribution is -0.0660. The summed E-state index contributed by atoms with van der Waals surface area (Å²) in [6.45, 7) is 9.38. The van der Waals surface area contributed by atoms with Crippen LogP contribution in [0.2, 0.25) is 0 Å². The number of aliphatic hydroxyl groups is 1. The molecule has 0 aliphatic carbocycles. The fourth-order valence-electron chi connectivity index (χ4n) is 5.26.